The van der Waals surface area contributed by atoms with Crippen molar-refractivity contribution in [1.29, 1.82) is 5.26 Å². The molecule has 2 N–H and O–H groups in total. The molecule has 0 bridgehead atoms. The molecule has 0 amide bonds. The first kappa shape index (κ1) is 13.0. The lowest BCUT2D eigenvalue weighted by Crippen LogP contribution is -2.13. The number of rotatable bonds is 3. The second-order valence-electron chi connectivity index (χ2n) is 3.04. The number of carbonyl (C=O) groups is 1. The average molecular weight is 241 g/mol. The number of ether oxygens (including phenoxy) is 1. The zero-order chi connectivity index (χ0) is 13.0. The van der Waals surface area contributed by atoms with E-state index in [1.165, 1.54) is 0 Å². The van der Waals surface area contributed by atoms with Gasteiger partial charge in [-0.15, -0.1) is 0 Å². The van der Waals surface area contributed by atoms with Crippen molar-refractivity contribution in [2.45, 2.75) is 13.0 Å². The predicted octanol–water partition coefficient (Wildman–Crippen LogP) is 1.14. The standard InChI is InChI=1S/C10H9F2N3O2/c1-17-10(16)8-6(9(11)12)2-5(3-13)7(4-14)15-8/h2,9H,3,13H2,1H3. The number of hydrogen-bond donors (Lipinski definition) is 1. The number of alkyl halides is 2. The first-order valence-corrected chi connectivity index (χ1v) is 4.55. The summed E-state index contributed by atoms with van der Waals surface area (Å²) in [5.41, 5.74) is 4.16. The van der Waals surface area contributed by atoms with Gasteiger partial charge in [0.15, 0.2) is 5.69 Å². The van der Waals surface area contributed by atoms with Gasteiger partial charge in [0.2, 0.25) is 0 Å². The average Bonchev–Trinajstić information content (AvgIpc) is 2.35. The molecule has 0 atom stereocenters. The van der Waals surface area contributed by atoms with Gasteiger partial charge in [-0.2, -0.15) is 5.26 Å². The summed E-state index contributed by atoms with van der Waals surface area (Å²) in [5, 5.41) is 8.75. The van der Waals surface area contributed by atoms with Crippen LogP contribution in [0.25, 0.3) is 0 Å². The van der Waals surface area contributed by atoms with Crippen LogP contribution in [0.2, 0.25) is 0 Å². The molecule has 0 aliphatic carbocycles. The monoisotopic (exact) mass is 241 g/mol. The Morgan fingerprint density at radius 3 is 2.76 bits per heavy atom. The highest BCUT2D eigenvalue weighted by Gasteiger charge is 2.23. The Bertz CT molecular complexity index is 483. The molecular weight excluding hydrogens is 232 g/mol. The molecule has 0 saturated carbocycles. The van der Waals surface area contributed by atoms with Crippen LogP contribution in [0, 0.1) is 11.3 Å². The van der Waals surface area contributed by atoms with Gasteiger partial charge in [0.05, 0.1) is 12.7 Å². The van der Waals surface area contributed by atoms with Crippen molar-refractivity contribution in [2.24, 2.45) is 5.73 Å². The van der Waals surface area contributed by atoms with Gasteiger partial charge >= 0.3 is 5.97 Å². The van der Waals surface area contributed by atoms with Crippen LogP contribution in [0.4, 0.5) is 8.78 Å². The molecule has 0 spiro atoms. The number of aromatic nitrogens is 1. The SMILES string of the molecule is COC(=O)c1nc(C#N)c(CN)cc1C(F)F. The molecule has 0 unspecified atom stereocenters. The quantitative estimate of drug-likeness (QED) is 0.801. The highest BCUT2D eigenvalue weighted by atomic mass is 19.3. The molecule has 0 radical (unpaired) electrons. The van der Waals surface area contributed by atoms with E-state index >= 15 is 0 Å². The minimum atomic E-state index is -2.89. The third-order valence-corrected chi connectivity index (χ3v) is 2.07. The number of carbonyl (C=O) groups excluding carboxylic acids is 1. The maximum absolute atomic E-state index is 12.7. The summed E-state index contributed by atoms with van der Waals surface area (Å²) in [6.45, 7) is -0.114. The molecule has 0 aliphatic heterocycles. The fraction of sp³-hybridized carbons (Fsp3) is 0.300. The summed E-state index contributed by atoms with van der Waals surface area (Å²) in [6.07, 6.45) is -2.89. The van der Waals surface area contributed by atoms with E-state index in [9.17, 15) is 13.6 Å². The third-order valence-electron chi connectivity index (χ3n) is 2.07. The van der Waals surface area contributed by atoms with Crippen molar-refractivity contribution >= 4 is 5.97 Å². The van der Waals surface area contributed by atoms with Crippen molar-refractivity contribution in [3.8, 4) is 6.07 Å². The number of nitriles is 1. The fourth-order valence-corrected chi connectivity index (χ4v) is 1.25. The second-order valence-corrected chi connectivity index (χ2v) is 3.04. The van der Waals surface area contributed by atoms with E-state index in [1.807, 2.05) is 0 Å². The van der Waals surface area contributed by atoms with E-state index < -0.39 is 23.7 Å². The number of nitrogens with two attached hydrogens (primary N) is 1. The zero-order valence-electron chi connectivity index (χ0n) is 8.91. The van der Waals surface area contributed by atoms with Crippen LogP contribution in [0.15, 0.2) is 6.07 Å². The lowest BCUT2D eigenvalue weighted by Gasteiger charge is -2.09. The van der Waals surface area contributed by atoms with Crippen LogP contribution < -0.4 is 5.73 Å². The molecular formula is C10H9F2N3O2. The van der Waals surface area contributed by atoms with Crippen LogP contribution in [0.5, 0.6) is 0 Å². The molecule has 1 aromatic heterocycles. The summed E-state index contributed by atoms with van der Waals surface area (Å²) in [6, 6.07) is 2.69. The summed E-state index contributed by atoms with van der Waals surface area (Å²) < 4.78 is 29.7. The number of esters is 1. The minimum Gasteiger partial charge on any atom is -0.464 e. The maximum Gasteiger partial charge on any atom is 0.357 e. The number of pyridine rings is 1. The smallest absolute Gasteiger partial charge is 0.357 e. The lowest BCUT2D eigenvalue weighted by atomic mass is 10.1. The molecule has 1 rings (SSSR count). The molecule has 1 heterocycles. The zero-order valence-corrected chi connectivity index (χ0v) is 8.91. The van der Waals surface area contributed by atoms with Crippen molar-refractivity contribution in [2.75, 3.05) is 7.11 Å². The Hall–Kier alpha value is -2.07. The Morgan fingerprint density at radius 2 is 2.35 bits per heavy atom. The number of halogens is 2. The summed E-state index contributed by atoms with van der Waals surface area (Å²) >= 11 is 0. The first-order chi connectivity index (χ1) is 8.04. The highest BCUT2D eigenvalue weighted by Crippen LogP contribution is 2.24. The molecule has 0 aliphatic rings. The minimum absolute atomic E-state index is 0.114. The van der Waals surface area contributed by atoms with Crippen molar-refractivity contribution < 1.29 is 18.3 Å². The number of nitrogens with zero attached hydrogens (tertiary/aromatic N) is 2. The number of methoxy groups -OCH3 is 1. The molecule has 0 fully saturated rings. The van der Waals surface area contributed by atoms with Crippen LogP contribution in [-0.2, 0) is 11.3 Å². The van der Waals surface area contributed by atoms with Gasteiger partial charge in [-0.25, -0.2) is 18.6 Å². The second kappa shape index (κ2) is 5.32. The van der Waals surface area contributed by atoms with Crippen LogP contribution in [0.3, 0.4) is 0 Å². The van der Waals surface area contributed by atoms with Crippen LogP contribution >= 0.6 is 0 Å². The maximum atomic E-state index is 12.7. The number of hydrogen-bond acceptors (Lipinski definition) is 5. The van der Waals surface area contributed by atoms with Gasteiger partial charge in [0.1, 0.15) is 11.8 Å². The third kappa shape index (κ3) is 2.54. The first-order valence-electron chi connectivity index (χ1n) is 4.55. The van der Waals surface area contributed by atoms with Gasteiger partial charge in [-0.05, 0) is 6.07 Å². The van der Waals surface area contributed by atoms with Crippen LogP contribution in [0.1, 0.15) is 33.7 Å². The molecule has 0 aromatic carbocycles. The largest absolute Gasteiger partial charge is 0.464 e. The predicted molar refractivity (Wildman–Crippen MR) is 53.1 cm³/mol. The van der Waals surface area contributed by atoms with Crippen LogP contribution in [-0.4, -0.2) is 18.1 Å². The fourth-order valence-electron chi connectivity index (χ4n) is 1.25. The summed E-state index contributed by atoms with van der Waals surface area (Å²) in [5.74, 6) is -1.01. The summed E-state index contributed by atoms with van der Waals surface area (Å²) in [7, 11) is 1.04. The summed E-state index contributed by atoms with van der Waals surface area (Å²) in [4.78, 5) is 14.8. The van der Waals surface area contributed by atoms with Crippen molar-refractivity contribution in [1.82, 2.24) is 4.98 Å². The van der Waals surface area contributed by atoms with E-state index in [2.05, 4.69) is 9.72 Å². The molecule has 7 heteroatoms. The molecule has 1 aromatic rings. The van der Waals surface area contributed by atoms with Gasteiger partial charge in [0, 0.05) is 12.1 Å². The molecule has 17 heavy (non-hydrogen) atoms. The van der Waals surface area contributed by atoms with Gasteiger partial charge < -0.3 is 10.5 Å². The normalized spacial score (nSPS) is 10.1. The van der Waals surface area contributed by atoms with E-state index in [4.69, 9.17) is 11.0 Å². The van der Waals surface area contributed by atoms with Gasteiger partial charge in [-0.3, -0.25) is 0 Å². The Labute approximate surface area is 95.8 Å². The Balaban J connectivity index is 3.47. The van der Waals surface area contributed by atoms with E-state index in [1.54, 1.807) is 6.07 Å². The topological polar surface area (TPSA) is 89.0 Å². The lowest BCUT2D eigenvalue weighted by molar-refractivity contribution is 0.0581. The van der Waals surface area contributed by atoms with Crippen molar-refractivity contribution in [3.63, 3.8) is 0 Å². The highest BCUT2D eigenvalue weighted by molar-refractivity contribution is 5.89. The van der Waals surface area contributed by atoms with E-state index in [0.29, 0.717) is 0 Å². The van der Waals surface area contributed by atoms with Gasteiger partial charge in [0.25, 0.3) is 6.43 Å². The van der Waals surface area contributed by atoms with E-state index in [0.717, 1.165) is 13.2 Å². The van der Waals surface area contributed by atoms with E-state index in [-0.39, 0.29) is 17.8 Å². The van der Waals surface area contributed by atoms with Gasteiger partial charge in [-0.1, -0.05) is 0 Å². The Morgan fingerprint density at radius 1 is 1.71 bits per heavy atom. The molecule has 0 saturated heterocycles. The Kier molecular flexibility index (Phi) is 4.06. The molecule has 90 valence electrons. The van der Waals surface area contributed by atoms with Crippen molar-refractivity contribution in [3.05, 3.63) is 28.6 Å². The molecule has 5 nitrogen and oxygen atoms in total.